The predicted octanol–water partition coefficient (Wildman–Crippen LogP) is 3.15. The summed E-state index contributed by atoms with van der Waals surface area (Å²) in [4.78, 5) is 23.8. The van der Waals surface area contributed by atoms with E-state index in [-0.39, 0.29) is 23.1 Å². The second-order valence-electron chi connectivity index (χ2n) is 9.48. The fourth-order valence-electron chi connectivity index (χ4n) is 1.78. The molecular weight excluding hydrogens is 396 g/mol. The largest absolute Gasteiger partial charge is 0.444 e. The van der Waals surface area contributed by atoms with Gasteiger partial charge in [-0.15, -0.1) is 0 Å². The minimum atomic E-state index is -0.443. The highest BCUT2D eigenvalue weighted by atomic mass is 16.6. The molecule has 0 spiro atoms. The third kappa shape index (κ3) is 18.3. The van der Waals surface area contributed by atoms with Gasteiger partial charge in [0.15, 0.2) is 0 Å². The summed E-state index contributed by atoms with van der Waals surface area (Å²) in [5, 5.41) is 3.06. The van der Waals surface area contributed by atoms with Crippen LogP contribution in [-0.4, -0.2) is 60.8 Å². The summed E-state index contributed by atoms with van der Waals surface area (Å²) in [6, 6.07) is 8.98. The molecule has 1 rings (SSSR count). The molecule has 1 amide bonds. The van der Waals surface area contributed by atoms with Crippen molar-refractivity contribution in [2.45, 2.75) is 72.1 Å². The molecule has 180 valence electrons. The average Bonchev–Trinajstić information content (AvgIpc) is 2.60. The zero-order valence-corrected chi connectivity index (χ0v) is 21.0. The van der Waals surface area contributed by atoms with Crippen LogP contribution in [0.25, 0.3) is 0 Å². The topological polar surface area (TPSA) is 120 Å². The number of rotatable bonds is 5. The van der Waals surface area contributed by atoms with Gasteiger partial charge in [-0.3, -0.25) is 4.79 Å². The summed E-state index contributed by atoms with van der Waals surface area (Å²) in [7, 11) is 3.62. The van der Waals surface area contributed by atoms with Gasteiger partial charge in [0.1, 0.15) is 11.4 Å². The van der Waals surface area contributed by atoms with Gasteiger partial charge in [-0.05, 0) is 67.6 Å². The molecule has 31 heavy (non-hydrogen) atoms. The van der Waals surface area contributed by atoms with Crippen molar-refractivity contribution in [3.63, 3.8) is 0 Å². The van der Waals surface area contributed by atoms with Gasteiger partial charge in [-0.25, -0.2) is 4.79 Å². The number of nitrogens with one attached hydrogen (secondary N) is 1. The molecule has 0 saturated carbocycles. The number of nitrogens with zero attached hydrogens (tertiary/aromatic N) is 1. The van der Waals surface area contributed by atoms with E-state index < -0.39 is 5.60 Å². The fraction of sp³-hybridized carbons (Fsp3) is 0.652. The molecule has 0 aromatic heterocycles. The molecule has 0 bridgehead atoms. The lowest BCUT2D eigenvalue weighted by molar-refractivity contribution is -0.131. The fourth-order valence-corrected chi connectivity index (χ4v) is 1.78. The molecule has 8 nitrogen and oxygen atoms in total. The zero-order chi connectivity index (χ0) is 24.9. The Labute approximate surface area is 188 Å². The summed E-state index contributed by atoms with van der Waals surface area (Å²) >= 11 is 0. The minimum Gasteiger partial charge on any atom is -0.444 e. The van der Waals surface area contributed by atoms with Crippen molar-refractivity contribution in [1.82, 2.24) is 10.2 Å². The molecule has 0 radical (unpaired) electrons. The first-order chi connectivity index (χ1) is 13.9. The quantitative estimate of drug-likeness (QED) is 0.475. The lowest BCUT2D eigenvalue weighted by atomic mass is 10.0. The maximum absolute atomic E-state index is 11.8. The lowest BCUT2D eigenvalue weighted by Crippen LogP contribution is -2.52. The Bertz CT molecular complexity index is 635. The highest BCUT2D eigenvalue weighted by Gasteiger charge is 2.30. The van der Waals surface area contributed by atoms with E-state index in [4.69, 9.17) is 20.9 Å². The Morgan fingerprint density at radius 2 is 1.48 bits per heavy atom. The van der Waals surface area contributed by atoms with E-state index in [1.54, 1.807) is 24.1 Å². The summed E-state index contributed by atoms with van der Waals surface area (Å²) < 4.78 is 10.1. The maximum Gasteiger partial charge on any atom is 0.410 e. The number of benzene rings is 1. The van der Waals surface area contributed by atoms with Crippen LogP contribution in [0.5, 0.6) is 5.75 Å². The Kier molecular flexibility index (Phi) is 14.0. The lowest BCUT2D eigenvalue weighted by Gasteiger charge is -2.36. The average molecular weight is 441 g/mol. The van der Waals surface area contributed by atoms with Crippen LogP contribution in [0.4, 0.5) is 4.79 Å². The normalized spacial score (nSPS) is 11.2. The van der Waals surface area contributed by atoms with Crippen LogP contribution in [-0.2, 0) is 9.53 Å². The number of amides is 1. The molecule has 5 N–H and O–H groups in total. The van der Waals surface area contributed by atoms with Crippen LogP contribution in [0.3, 0.4) is 0 Å². The molecular formula is C23H44N4O4. The molecule has 0 atom stereocenters. The first-order valence-electron chi connectivity index (χ1n) is 10.3. The van der Waals surface area contributed by atoms with Crippen LogP contribution in [0.15, 0.2) is 30.3 Å². The van der Waals surface area contributed by atoms with E-state index in [0.29, 0.717) is 12.3 Å². The predicted molar refractivity (Wildman–Crippen MR) is 127 cm³/mol. The minimum absolute atomic E-state index is 0.181. The van der Waals surface area contributed by atoms with Gasteiger partial charge in [0.05, 0.1) is 5.54 Å². The van der Waals surface area contributed by atoms with Crippen LogP contribution in [0, 0.1) is 0 Å². The number of para-hydroxylation sites is 1. The SMILES string of the molecule is CC(=O)Oc1ccccc1.CC(C)(N)CN.CNCC(C)(C)N(C)C(=O)OC(C)(C)C. The van der Waals surface area contributed by atoms with E-state index in [1.807, 2.05) is 73.7 Å². The Morgan fingerprint density at radius 1 is 1.03 bits per heavy atom. The number of carbonyl (C=O) groups is 2. The second kappa shape index (κ2) is 14.0. The first-order valence-corrected chi connectivity index (χ1v) is 10.3. The summed E-state index contributed by atoms with van der Waals surface area (Å²) in [6.07, 6.45) is -0.289. The number of hydrogen-bond donors (Lipinski definition) is 3. The van der Waals surface area contributed by atoms with Crippen molar-refractivity contribution in [3.8, 4) is 5.75 Å². The van der Waals surface area contributed by atoms with Crippen LogP contribution in [0.1, 0.15) is 55.4 Å². The van der Waals surface area contributed by atoms with Gasteiger partial charge in [0.25, 0.3) is 0 Å². The van der Waals surface area contributed by atoms with Gasteiger partial charge in [0.2, 0.25) is 0 Å². The Morgan fingerprint density at radius 3 is 1.81 bits per heavy atom. The van der Waals surface area contributed by atoms with Crippen LogP contribution < -0.4 is 21.5 Å². The third-order valence-corrected chi connectivity index (χ3v) is 3.72. The highest BCUT2D eigenvalue weighted by Crippen LogP contribution is 2.16. The number of ether oxygens (including phenoxy) is 2. The Balaban J connectivity index is 0. The standard InChI is InChI=1S/C11H24N2O2.C8H8O2.C4H12N2/c1-10(2,3)15-9(14)13(7)11(4,5)8-12-6;1-7(9)10-8-5-3-2-4-6-8;1-4(2,6)3-5/h12H,8H2,1-7H3;2-6H,1H3;3,5-6H2,1-2H3. The first kappa shape index (κ1) is 31.0. The highest BCUT2D eigenvalue weighted by molar-refractivity contribution is 5.69. The summed E-state index contributed by atoms with van der Waals surface area (Å²) in [6.45, 7) is 16.0. The molecule has 1 aromatic rings. The number of carbonyl (C=O) groups excluding carboxylic acids is 2. The molecule has 8 heteroatoms. The van der Waals surface area contributed by atoms with E-state index in [0.717, 1.165) is 6.54 Å². The molecule has 0 saturated heterocycles. The van der Waals surface area contributed by atoms with Crippen molar-refractivity contribution < 1.29 is 19.1 Å². The molecule has 0 heterocycles. The van der Waals surface area contributed by atoms with Crippen LogP contribution in [0.2, 0.25) is 0 Å². The Hall–Kier alpha value is -2.16. The third-order valence-electron chi connectivity index (χ3n) is 3.72. The molecule has 0 aliphatic heterocycles. The van der Waals surface area contributed by atoms with E-state index in [9.17, 15) is 9.59 Å². The van der Waals surface area contributed by atoms with Crippen molar-refractivity contribution in [2.75, 3.05) is 27.2 Å². The second-order valence-corrected chi connectivity index (χ2v) is 9.48. The van der Waals surface area contributed by atoms with Gasteiger partial charge in [0, 0.05) is 32.6 Å². The molecule has 1 aromatic carbocycles. The number of nitrogens with two attached hydrogens (primary N) is 2. The molecule has 0 aliphatic carbocycles. The van der Waals surface area contributed by atoms with Crippen molar-refractivity contribution in [1.29, 1.82) is 0 Å². The molecule has 0 fully saturated rings. The van der Waals surface area contributed by atoms with Gasteiger partial charge < -0.3 is 31.2 Å². The van der Waals surface area contributed by atoms with Crippen molar-refractivity contribution in [3.05, 3.63) is 30.3 Å². The van der Waals surface area contributed by atoms with Crippen LogP contribution >= 0.6 is 0 Å². The van der Waals surface area contributed by atoms with Crippen molar-refractivity contribution >= 4 is 12.1 Å². The number of likely N-dealkylation sites (N-methyl/N-ethyl adjacent to an activating group) is 2. The van der Waals surface area contributed by atoms with E-state index >= 15 is 0 Å². The summed E-state index contributed by atoms with van der Waals surface area (Å²) in [5.74, 6) is 0.307. The maximum atomic E-state index is 11.8. The van der Waals surface area contributed by atoms with Gasteiger partial charge in [-0.2, -0.15) is 0 Å². The number of hydrogen-bond acceptors (Lipinski definition) is 7. The zero-order valence-electron chi connectivity index (χ0n) is 21.0. The van der Waals surface area contributed by atoms with E-state index in [1.165, 1.54) is 6.92 Å². The van der Waals surface area contributed by atoms with Crippen molar-refractivity contribution in [2.24, 2.45) is 11.5 Å². The smallest absolute Gasteiger partial charge is 0.410 e. The van der Waals surface area contributed by atoms with Gasteiger partial charge >= 0.3 is 12.1 Å². The monoisotopic (exact) mass is 440 g/mol. The molecule has 0 unspecified atom stereocenters. The summed E-state index contributed by atoms with van der Waals surface area (Å²) in [5.41, 5.74) is 9.71. The molecule has 0 aliphatic rings. The van der Waals surface area contributed by atoms with Gasteiger partial charge in [-0.1, -0.05) is 18.2 Å². The van der Waals surface area contributed by atoms with E-state index in [2.05, 4.69) is 5.32 Å². The number of esters is 1.